The number of hydrogen-bond donors (Lipinski definition) is 1. The number of aromatic nitrogens is 1. The Kier molecular flexibility index (Phi) is 11.3. The monoisotopic (exact) mass is 542 g/mol. The molecule has 2 radical (unpaired) electrons. The summed E-state index contributed by atoms with van der Waals surface area (Å²) in [5.41, 5.74) is 6.75. The van der Waals surface area contributed by atoms with Gasteiger partial charge in [0.2, 0.25) is 0 Å². The number of nitrogens with two attached hydrogens (primary N) is 1. The van der Waals surface area contributed by atoms with E-state index in [1.807, 2.05) is 13.8 Å². The highest BCUT2D eigenvalue weighted by molar-refractivity contribution is 6.32. The molecule has 2 N–H and O–H groups in total. The molecule has 1 amide bonds. The minimum absolute atomic E-state index is 0.0357. The molecule has 208 valence electrons. The Morgan fingerprint density at radius 2 is 1.82 bits per heavy atom. The molecule has 1 aliphatic carbocycles. The van der Waals surface area contributed by atoms with Crippen molar-refractivity contribution in [1.82, 2.24) is 4.98 Å². The number of nitrogens with zero attached hydrogens (tertiary/aromatic N) is 3. The number of alkyl halides is 3. The molecular formula is C29H35BF4N4O. The number of carbonyl (C=O) groups excluding carboxylic acids is 1. The van der Waals surface area contributed by atoms with Crippen molar-refractivity contribution < 1.29 is 22.4 Å². The number of halogens is 4. The van der Waals surface area contributed by atoms with Crippen molar-refractivity contribution in [3.05, 3.63) is 58.2 Å². The van der Waals surface area contributed by atoms with E-state index in [4.69, 9.17) is 18.8 Å². The second-order valence-corrected chi connectivity index (χ2v) is 10.8. The number of pyridine rings is 1. The standard InChI is InChI=1S/C21H30F3N3O.C8H5BFN/c1-12(2)5-6-15(11-13(3)4)20(28)27-19(25)16-9-10-17(21(22,23)24)26-18(16)14-7-8-14;1-5-2-6(9)3-8(10)7(5)4-11/h9-10,12-15H,5-8,11H2,1-4H3,(H2,25,27,28);2-3H,1H3. The van der Waals surface area contributed by atoms with Crippen LogP contribution in [0.15, 0.2) is 29.3 Å². The van der Waals surface area contributed by atoms with Gasteiger partial charge in [0.25, 0.3) is 5.91 Å². The Morgan fingerprint density at radius 1 is 1.18 bits per heavy atom. The molecule has 1 heterocycles. The highest BCUT2D eigenvalue weighted by atomic mass is 19.4. The van der Waals surface area contributed by atoms with Crippen molar-refractivity contribution in [3.8, 4) is 6.07 Å². The molecule has 1 aliphatic rings. The maximum atomic E-state index is 13.0. The molecule has 1 atom stereocenters. The molecule has 5 nitrogen and oxygen atoms in total. The molecule has 10 heteroatoms. The van der Waals surface area contributed by atoms with Gasteiger partial charge in [0.05, 0.1) is 11.3 Å². The Hall–Kier alpha value is -3.22. The zero-order chi connectivity index (χ0) is 29.5. The van der Waals surface area contributed by atoms with E-state index in [-0.39, 0.29) is 29.1 Å². The van der Waals surface area contributed by atoms with Crippen LogP contribution in [-0.2, 0) is 11.0 Å². The summed E-state index contributed by atoms with van der Waals surface area (Å²) in [6.07, 6.45) is -0.619. The van der Waals surface area contributed by atoms with Gasteiger partial charge in [-0.1, -0.05) is 45.6 Å². The van der Waals surface area contributed by atoms with E-state index in [1.54, 1.807) is 19.1 Å². The van der Waals surface area contributed by atoms with Crippen molar-refractivity contribution in [3.63, 3.8) is 0 Å². The van der Waals surface area contributed by atoms with Crippen LogP contribution in [0.1, 0.15) is 93.8 Å². The summed E-state index contributed by atoms with van der Waals surface area (Å²) in [6, 6.07) is 6.67. The van der Waals surface area contributed by atoms with Gasteiger partial charge in [0, 0.05) is 17.4 Å². The summed E-state index contributed by atoms with van der Waals surface area (Å²) < 4.78 is 51.8. The van der Waals surface area contributed by atoms with E-state index in [2.05, 4.69) is 23.8 Å². The number of amides is 1. The average Bonchev–Trinajstić information content (AvgIpc) is 3.66. The minimum atomic E-state index is -4.51. The lowest BCUT2D eigenvalue weighted by molar-refractivity contribution is -0.141. The van der Waals surface area contributed by atoms with Gasteiger partial charge < -0.3 is 5.73 Å². The van der Waals surface area contributed by atoms with Gasteiger partial charge in [-0.25, -0.2) is 9.37 Å². The van der Waals surface area contributed by atoms with Crippen molar-refractivity contribution >= 4 is 25.1 Å². The van der Waals surface area contributed by atoms with Crippen LogP contribution in [0.25, 0.3) is 0 Å². The molecule has 1 unspecified atom stereocenters. The van der Waals surface area contributed by atoms with E-state index in [1.165, 1.54) is 6.07 Å². The summed E-state index contributed by atoms with van der Waals surface area (Å²) >= 11 is 0. The fourth-order valence-corrected chi connectivity index (χ4v) is 4.15. The van der Waals surface area contributed by atoms with Gasteiger partial charge in [-0.15, -0.1) is 0 Å². The highest BCUT2D eigenvalue weighted by Crippen LogP contribution is 2.42. The fourth-order valence-electron chi connectivity index (χ4n) is 4.15. The molecule has 0 aliphatic heterocycles. The first-order valence-electron chi connectivity index (χ1n) is 13.1. The van der Waals surface area contributed by atoms with E-state index < -0.39 is 17.7 Å². The third kappa shape index (κ3) is 9.79. The van der Waals surface area contributed by atoms with Crippen LogP contribution in [0, 0.1) is 41.8 Å². The second-order valence-electron chi connectivity index (χ2n) is 10.8. The number of rotatable bonds is 8. The van der Waals surface area contributed by atoms with Crippen LogP contribution < -0.4 is 11.2 Å². The first-order valence-corrected chi connectivity index (χ1v) is 13.1. The quantitative estimate of drug-likeness (QED) is 0.189. The molecule has 2 aromatic rings. The number of hydrogen-bond acceptors (Lipinski definition) is 3. The lowest BCUT2D eigenvalue weighted by Gasteiger charge is -2.17. The van der Waals surface area contributed by atoms with Gasteiger partial charge in [0.15, 0.2) is 0 Å². The highest BCUT2D eigenvalue weighted by Gasteiger charge is 2.36. The number of amidine groups is 1. The predicted octanol–water partition coefficient (Wildman–Crippen LogP) is 6.11. The maximum absolute atomic E-state index is 13.0. The van der Waals surface area contributed by atoms with Crippen molar-refractivity contribution in [2.45, 2.75) is 78.8 Å². The third-order valence-electron chi connectivity index (χ3n) is 6.30. The lowest BCUT2D eigenvalue weighted by atomic mass is 9.90. The largest absolute Gasteiger partial charge is 0.433 e. The first kappa shape index (κ1) is 32.0. The number of nitriles is 1. The molecule has 39 heavy (non-hydrogen) atoms. The zero-order valence-corrected chi connectivity index (χ0v) is 23.1. The molecule has 1 aromatic carbocycles. The third-order valence-corrected chi connectivity index (χ3v) is 6.30. The Balaban J connectivity index is 0.000000404. The molecule has 1 fully saturated rings. The first-order chi connectivity index (χ1) is 18.1. The van der Waals surface area contributed by atoms with Crippen molar-refractivity contribution in [1.29, 1.82) is 5.26 Å². The second kappa shape index (κ2) is 13.7. The van der Waals surface area contributed by atoms with Gasteiger partial charge in [0.1, 0.15) is 31.3 Å². The summed E-state index contributed by atoms with van der Waals surface area (Å²) in [4.78, 5) is 20.6. The van der Waals surface area contributed by atoms with Crippen LogP contribution in [-0.4, -0.2) is 24.6 Å². The summed E-state index contributed by atoms with van der Waals surface area (Å²) in [7, 11) is 5.33. The fraction of sp³-hybridized carbons (Fsp3) is 0.517. The van der Waals surface area contributed by atoms with Crippen LogP contribution in [0.3, 0.4) is 0 Å². The SMILES string of the molecule is CC(C)CCC(CC(C)C)C(=O)N=C(N)c1ccc(C(F)(F)F)nc1C1CC1.[B]c1cc(C)c(C#N)c(F)c1. The summed E-state index contributed by atoms with van der Waals surface area (Å²) in [5.74, 6) is -0.345. The average molecular weight is 542 g/mol. The van der Waals surface area contributed by atoms with Gasteiger partial charge in [-0.3, -0.25) is 4.79 Å². The maximum Gasteiger partial charge on any atom is 0.433 e. The topological polar surface area (TPSA) is 92.1 Å². The number of aryl methyl sites for hydroxylation is 1. The molecular weight excluding hydrogens is 507 g/mol. The normalized spacial score (nSPS) is 14.6. The predicted molar refractivity (Wildman–Crippen MR) is 145 cm³/mol. The van der Waals surface area contributed by atoms with E-state index in [9.17, 15) is 22.4 Å². The van der Waals surface area contributed by atoms with Crippen LogP contribution >= 0.6 is 0 Å². The van der Waals surface area contributed by atoms with E-state index in [0.717, 1.165) is 37.8 Å². The molecule has 0 saturated heterocycles. The number of benzene rings is 1. The smallest absolute Gasteiger partial charge is 0.383 e. The van der Waals surface area contributed by atoms with E-state index in [0.29, 0.717) is 40.5 Å². The summed E-state index contributed by atoms with van der Waals surface area (Å²) in [5, 5.41) is 8.46. The Labute approximate surface area is 229 Å². The molecule has 1 saturated carbocycles. The van der Waals surface area contributed by atoms with Gasteiger partial charge >= 0.3 is 6.18 Å². The zero-order valence-electron chi connectivity index (χ0n) is 23.1. The molecule has 0 spiro atoms. The molecule has 3 rings (SSSR count). The van der Waals surface area contributed by atoms with Gasteiger partial charge in [-0.2, -0.15) is 23.4 Å². The number of aliphatic imine (C=N–C) groups is 1. The molecule has 1 aromatic heterocycles. The minimum Gasteiger partial charge on any atom is -0.383 e. The molecule has 0 bridgehead atoms. The van der Waals surface area contributed by atoms with Crippen molar-refractivity contribution in [2.75, 3.05) is 0 Å². The van der Waals surface area contributed by atoms with Crippen LogP contribution in [0.2, 0.25) is 0 Å². The van der Waals surface area contributed by atoms with Gasteiger partial charge in [-0.05, 0) is 68.2 Å². The van der Waals surface area contributed by atoms with E-state index >= 15 is 0 Å². The van der Waals surface area contributed by atoms with Crippen LogP contribution in [0.4, 0.5) is 17.6 Å². The van der Waals surface area contributed by atoms with Crippen LogP contribution in [0.5, 0.6) is 0 Å². The Bertz CT molecular complexity index is 1210. The number of carbonyl (C=O) groups is 1. The Morgan fingerprint density at radius 3 is 2.31 bits per heavy atom. The summed E-state index contributed by atoms with van der Waals surface area (Å²) in [6.45, 7) is 9.95. The lowest BCUT2D eigenvalue weighted by Crippen LogP contribution is -2.23. The van der Waals surface area contributed by atoms with Crippen molar-refractivity contribution in [2.24, 2.45) is 28.5 Å².